The summed E-state index contributed by atoms with van der Waals surface area (Å²) in [5.74, 6) is 0.0174. The Labute approximate surface area is 150 Å². The Kier molecular flexibility index (Phi) is 4.50. The first kappa shape index (κ1) is 16.2. The van der Waals surface area contributed by atoms with Gasteiger partial charge in [0, 0.05) is 43.5 Å². The third-order valence-electron chi connectivity index (χ3n) is 4.60. The summed E-state index contributed by atoms with van der Waals surface area (Å²) in [7, 11) is 0. The zero-order valence-electron chi connectivity index (χ0n) is 14.2. The number of aromatic amines is 1. The van der Waals surface area contributed by atoms with Crippen LogP contribution >= 0.6 is 11.3 Å². The average molecular weight is 355 g/mol. The molecule has 2 aromatic heterocycles. The van der Waals surface area contributed by atoms with E-state index < -0.39 is 0 Å². The summed E-state index contributed by atoms with van der Waals surface area (Å²) in [5, 5.41) is 11.3. The van der Waals surface area contributed by atoms with Gasteiger partial charge in [-0.1, -0.05) is 18.2 Å². The SMILES string of the molecule is Cc1nc(CN2CCCN(C(=O)c3n[nH]c4ccccc34)CC2)cs1. The summed E-state index contributed by atoms with van der Waals surface area (Å²) in [6.07, 6.45) is 0.969. The lowest BCUT2D eigenvalue weighted by Crippen LogP contribution is -2.35. The minimum absolute atomic E-state index is 0.0174. The van der Waals surface area contributed by atoms with Gasteiger partial charge >= 0.3 is 0 Å². The molecule has 6 nitrogen and oxygen atoms in total. The van der Waals surface area contributed by atoms with Gasteiger partial charge in [0.25, 0.3) is 5.91 Å². The molecule has 1 fully saturated rings. The van der Waals surface area contributed by atoms with E-state index in [2.05, 4.69) is 25.5 Å². The number of rotatable bonds is 3. The van der Waals surface area contributed by atoms with E-state index in [1.54, 1.807) is 11.3 Å². The lowest BCUT2D eigenvalue weighted by atomic mass is 10.2. The maximum Gasteiger partial charge on any atom is 0.275 e. The molecule has 3 heterocycles. The molecule has 7 heteroatoms. The van der Waals surface area contributed by atoms with Gasteiger partial charge in [-0.2, -0.15) is 5.10 Å². The molecule has 1 aromatic carbocycles. The molecule has 0 spiro atoms. The average Bonchev–Trinajstić information content (AvgIpc) is 3.15. The number of hydrogen-bond acceptors (Lipinski definition) is 5. The number of hydrogen-bond donors (Lipinski definition) is 1. The van der Waals surface area contributed by atoms with Gasteiger partial charge in [-0.3, -0.25) is 14.8 Å². The van der Waals surface area contributed by atoms with Gasteiger partial charge in [-0.05, 0) is 19.4 Å². The van der Waals surface area contributed by atoms with E-state index in [0.717, 1.165) is 60.7 Å². The topological polar surface area (TPSA) is 65.1 Å². The second-order valence-electron chi connectivity index (χ2n) is 6.40. The van der Waals surface area contributed by atoms with E-state index in [1.807, 2.05) is 36.1 Å². The maximum atomic E-state index is 12.9. The Morgan fingerprint density at radius 1 is 1.24 bits per heavy atom. The zero-order valence-corrected chi connectivity index (χ0v) is 15.1. The Hall–Kier alpha value is -2.25. The molecule has 1 amide bonds. The summed E-state index contributed by atoms with van der Waals surface area (Å²) in [6, 6.07) is 7.77. The molecule has 3 aromatic rings. The zero-order chi connectivity index (χ0) is 17.2. The molecule has 1 N–H and O–H groups in total. The number of aryl methyl sites for hydroxylation is 1. The number of nitrogens with zero attached hydrogens (tertiary/aromatic N) is 4. The third-order valence-corrected chi connectivity index (χ3v) is 5.42. The maximum absolute atomic E-state index is 12.9. The van der Waals surface area contributed by atoms with Crippen molar-refractivity contribution in [1.82, 2.24) is 25.0 Å². The molecule has 0 radical (unpaired) electrons. The van der Waals surface area contributed by atoms with Crippen LogP contribution in [0.25, 0.3) is 10.9 Å². The van der Waals surface area contributed by atoms with Crippen molar-refractivity contribution in [3.8, 4) is 0 Å². The highest BCUT2D eigenvalue weighted by Gasteiger charge is 2.23. The monoisotopic (exact) mass is 355 g/mol. The van der Waals surface area contributed by atoms with E-state index in [9.17, 15) is 4.79 Å². The number of carbonyl (C=O) groups excluding carboxylic acids is 1. The number of thiazole rings is 1. The summed E-state index contributed by atoms with van der Waals surface area (Å²) >= 11 is 1.69. The molecule has 0 unspecified atom stereocenters. The third kappa shape index (κ3) is 3.43. The fourth-order valence-electron chi connectivity index (χ4n) is 3.32. The van der Waals surface area contributed by atoms with Crippen LogP contribution in [0, 0.1) is 6.92 Å². The molecule has 0 aliphatic carbocycles. The number of carbonyl (C=O) groups is 1. The van der Waals surface area contributed by atoms with E-state index >= 15 is 0 Å². The number of H-pyrrole nitrogens is 1. The minimum Gasteiger partial charge on any atom is -0.336 e. The highest BCUT2D eigenvalue weighted by Crippen LogP contribution is 2.18. The number of amides is 1. The van der Waals surface area contributed by atoms with Gasteiger partial charge in [0.05, 0.1) is 16.2 Å². The van der Waals surface area contributed by atoms with Crippen LogP contribution < -0.4 is 0 Å². The molecule has 4 rings (SSSR count). The van der Waals surface area contributed by atoms with Crippen LogP contribution in [0.1, 0.15) is 27.6 Å². The van der Waals surface area contributed by atoms with Crippen molar-refractivity contribution in [1.29, 1.82) is 0 Å². The normalized spacial score (nSPS) is 16.3. The van der Waals surface area contributed by atoms with Crippen LogP contribution in [0.15, 0.2) is 29.6 Å². The van der Waals surface area contributed by atoms with Gasteiger partial charge in [0.15, 0.2) is 5.69 Å². The van der Waals surface area contributed by atoms with Crippen molar-refractivity contribution in [3.63, 3.8) is 0 Å². The van der Waals surface area contributed by atoms with Crippen LogP contribution in [0.5, 0.6) is 0 Å². The van der Waals surface area contributed by atoms with Crippen LogP contribution in [-0.4, -0.2) is 57.1 Å². The summed E-state index contributed by atoms with van der Waals surface area (Å²) in [5.41, 5.74) is 2.56. The predicted molar refractivity (Wildman–Crippen MR) is 98.7 cm³/mol. The number of fused-ring (bicyclic) bond motifs is 1. The van der Waals surface area contributed by atoms with E-state index in [-0.39, 0.29) is 5.91 Å². The predicted octanol–water partition coefficient (Wildman–Crippen LogP) is 2.68. The molecule has 25 heavy (non-hydrogen) atoms. The Morgan fingerprint density at radius 2 is 2.12 bits per heavy atom. The molecule has 1 aliphatic heterocycles. The van der Waals surface area contributed by atoms with E-state index in [4.69, 9.17) is 0 Å². The lowest BCUT2D eigenvalue weighted by Gasteiger charge is -2.21. The van der Waals surface area contributed by atoms with Crippen molar-refractivity contribution in [2.45, 2.75) is 19.9 Å². The molecule has 0 atom stereocenters. The highest BCUT2D eigenvalue weighted by molar-refractivity contribution is 7.09. The fraction of sp³-hybridized carbons (Fsp3) is 0.389. The second-order valence-corrected chi connectivity index (χ2v) is 7.46. The summed E-state index contributed by atoms with van der Waals surface area (Å²) in [6.45, 7) is 6.24. The number of para-hydroxylation sites is 1. The molecular formula is C18H21N5OS. The van der Waals surface area contributed by atoms with Crippen LogP contribution in [0.2, 0.25) is 0 Å². The molecule has 0 bridgehead atoms. The molecule has 1 aliphatic rings. The van der Waals surface area contributed by atoms with Crippen molar-refractivity contribution < 1.29 is 4.79 Å². The first-order chi connectivity index (χ1) is 12.2. The number of nitrogens with one attached hydrogen (secondary N) is 1. The van der Waals surface area contributed by atoms with Crippen LogP contribution in [0.4, 0.5) is 0 Å². The van der Waals surface area contributed by atoms with Gasteiger partial charge in [-0.15, -0.1) is 11.3 Å². The van der Waals surface area contributed by atoms with Crippen molar-refractivity contribution in [3.05, 3.63) is 46.0 Å². The molecule has 130 valence electrons. The molecular weight excluding hydrogens is 334 g/mol. The first-order valence-electron chi connectivity index (χ1n) is 8.56. The van der Waals surface area contributed by atoms with Gasteiger partial charge in [0.2, 0.25) is 0 Å². The van der Waals surface area contributed by atoms with Gasteiger partial charge in [0.1, 0.15) is 0 Å². The van der Waals surface area contributed by atoms with Crippen molar-refractivity contribution >= 4 is 28.1 Å². The van der Waals surface area contributed by atoms with Crippen molar-refractivity contribution in [2.24, 2.45) is 0 Å². The Balaban J connectivity index is 1.44. The van der Waals surface area contributed by atoms with Crippen LogP contribution in [0.3, 0.4) is 0 Å². The molecule has 0 saturated carbocycles. The van der Waals surface area contributed by atoms with Gasteiger partial charge < -0.3 is 4.90 Å². The first-order valence-corrected chi connectivity index (χ1v) is 9.44. The second kappa shape index (κ2) is 6.93. The van der Waals surface area contributed by atoms with Gasteiger partial charge in [-0.25, -0.2) is 4.98 Å². The van der Waals surface area contributed by atoms with E-state index in [0.29, 0.717) is 5.69 Å². The number of benzene rings is 1. The van der Waals surface area contributed by atoms with E-state index in [1.165, 1.54) is 0 Å². The quantitative estimate of drug-likeness (QED) is 0.784. The van der Waals surface area contributed by atoms with Crippen LogP contribution in [-0.2, 0) is 6.54 Å². The highest BCUT2D eigenvalue weighted by atomic mass is 32.1. The largest absolute Gasteiger partial charge is 0.336 e. The Morgan fingerprint density at radius 3 is 2.96 bits per heavy atom. The smallest absolute Gasteiger partial charge is 0.275 e. The summed E-state index contributed by atoms with van der Waals surface area (Å²) in [4.78, 5) is 21.8. The Bertz CT molecular complexity index is 886. The number of aromatic nitrogens is 3. The molecule has 1 saturated heterocycles. The summed E-state index contributed by atoms with van der Waals surface area (Å²) < 4.78 is 0. The lowest BCUT2D eigenvalue weighted by molar-refractivity contribution is 0.0757. The van der Waals surface area contributed by atoms with Crippen molar-refractivity contribution in [2.75, 3.05) is 26.2 Å². The fourth-order valence-corrected chi connectivity index (χ4v) is 3.92. The standard InChI is InChI=1S/C18H21N5OS/c1-13-19-14(12-25-13)11-22-7-4-8-23(10-9-22)18(24)17-15-5-2-3-6-16(15)20-21-17/h2-3,5-6,12H,4,7-11H2,1H3,(H,20,21). The minimum atomic E-state index is 0.0174.